The minimum Gasteiger partial charge on any atom is -0.396 e. The number of aliphatic hydroxyl groups excluding tert-OH is 1. The zero-order valence-corrected chi connectivity index (χ0v) is 12.8. The van der Waals surface area contributed by atoms with E-state index in [1.54, 1.807) is 0 Å². The van der Waals surface area contributed by atoms with Crippen molar-refractivity contribution >= 4 is 0 Å². The Labute approximate surface area is 121 Å². The number of fused-ring (bicyclic) bond motifs is 1. The van der Waals surface area contributed by atoms with Crippen LogP contribution in [0.15, 0.2) is 6.20 Å². The van der Waals surface area contributed by atoms with Gasteiger partial charge in [0.15, 0.2) is 0 Å². The SMILES string of the molecule is CC(C)N1CCCC(c2ncc3n2CCCC3CO)C1. The van der Waals surface area contributed by atoms with Crippen molar-refractivity contribution in [3.63, 3.8) is 0 Å². The van der Waals surface area contributed by atoms with Crippen LogP contribution in [0.2, 0.25) is 0 Å². The van der Waals surface area contributed by atoms with Crippen LogP contribution in [0.25, 0.3) is 0 Å². The van der Waals surface area contributed by atoms with Crippen LogP contribution in [0.1, 0.15) is 62.9 Å². The van der Waals surface area contributed by atoms with E-state index in [9.17, 15) is 5.11 Å². The lowest BCUT2D eigenvalue weighted by Gasteiger charge is -2.36. The second kappa shape index (κ2) is 5.86. The molecular weight excluding hydrogens is 250 g/mol. The molecule has 1 N–H and O–H groups in total. The van der Waals surface area contributed by atoms with Gasteiger partial charge in [-0.25, -0.2) is 4.98 Å². The summed E-state index contributed by atoms with van der Waals surface area (Å²) in [6.45, 7) is 8.27. The largest absolute Gasteiger partial charge is 0.396 e. The standard InChI is InChI=1S/C16H27N3O/c1-12(2)18-7-3-5-13(10-18)16-17-9-15-14(11-20)6-4-8-19(15)16/h9,12-14,20H,3-8,10-11H2,1-2H3. The highest BCUT2D eigenvalue weighted by Gasteiger charge is 2.29. The number of hydrogen-bond donors (Lipinski definition) is 1. The first-order valence-electron chi connectivity index (χ1n) is 8.11. The van der Waals surface area contributed by atoms with Crippen molar-refractivity contribution in [2.24, 2.45) is 0 Å². The molecule has 1 aromatic rings. The molecule has 0 bridgehead atoms. The molecule has 2 aliphatic heterocycles. The zero-order valence-electron chi connectivity index (χ0n) is 12.8. The van der Waals surface area contributed by atoms with E-state index in [4.69, 9.17) is 4.98 Å². The number of aromatic nitrogens is 2. The molecule has 4 nitrogen and oxygen atoms in total. The number of rotatable bonds is 3. The predicted molar refractivity (Wildman–Crippen MR) is 80.0 cm³/mol. The maximum absolute atomic E-state index is 9.52. The Balaban J connectivity index is 1.82. The quantitative estimate of drug-likeness (QED) is 0.922. The molecule has 2 unspecified atom stereocenters. The van der Waals surface area contributed by atoms with Crippen LogP contribution in [0.5, 0.6) is 0 Å². The summed E-state index contributed by atoms with van der Waals surface area (Å²) < 4.78 is 2.40. The maximum Gasteiger partial charge on any atom is 0.113 e. The molecule has 4 heteroatoms. The molecular formula is C16H27N3O. The molecule has 112 valence electrons. The first-order valence-corrected chi connectivity index (χ1v) is 8.11. The normalized spacial score (nSPS) is 27.8. The van der Waals surface area contributed by atoms with Gasteiger partial charge in [-0.15, -0.1) is 0 Å². The van der Waals surface area contributed by atoms with Gasteiger partial charge in [-0.1, -0.05) is 0 Å². The first-order chi connectivity index (χ1) is 9.70. The van der Waals surface area contributed by atoms with E-state index in [1.165, 1.54) is 37.3 Å². The fourth-order valence-corrected chi connectivity index (χ4v) is 3.81. The number of likely N-dealkylation sites (tertiary alicyclic amines) is 1. The van der Waals surface area contributed by atoms with Crippen LogP contribution in [-0.2, 0) is 6.54 Å². The van der Waals surface area contributed by atoms with Gasteiger partial charge in [0.25, 0.3) is 0 Å². The molecule has 0 aromatic carbocycles. The molecule has 0 amide bonds. The Hall–Kier alpha value is -0.870. The Morgan fingerprint density at radius 2 is 2.10 bits per heavy atom. The highest BCUT2D eigenvalue weighted by molar-refractivity contribution is 5.17. The second-order valence-corrected chi connectivity index (χ2v) is 6.64. The number of piperidine rings is 1. The van der Waals surface area contributed by atoms with Crippen molar-refractivity contribution in [1.29, 1.82) is 0 Å². The molecule has 3 heterocycles. The summed E-state index contributed by atoms with van der Waals surface area (Å²) in [6, 6.07) is 0.624. The summed E-state index contributed by atoms with van der Waals surface area (Å²) in [4.78, 5) is 7.31. The Bertz CT molecular complexity index is 455. The third kappa shape index (κ3) is 2.51. The Morgan fingerprint density at radius 1 is 1.30 bits per heavy atom. The molecule has 0 spiro atoms. The van der Waals surface area contributed by atoms with Gasteiger partial charge in [0, 0.05) is 42.9 Å². The summed E-state index contributed by atoms with van der Waals surface area (Å²) in [7, 11) is 0. The lowest BCUT2D eigenvalue weighted by atomic mass is 9.94. The lowest BCUT2D eigenvalue weighted by Crippen LogP contribution is -2.40. The van der Waals surface area contributed by atoms with Crippen molar-refractivity contribution in [3.05, 3.63) is 17.7 Å². The third-order valence-electron chi connectivity index (χ3n) is 5.04. The van der Waals surface area contributed by atoms with Crippen molar-refractivity contribution in [2.45, 2.75) is 64.0 Å². The maximum atomic E-state index is 9.52. The Kier molecular flexibility index (Phi) is 4.13. The van der Waals surface area contributed by atoms with Gasteiger partial charge in [0.1, 0.15) is 5.82 Å². The van der Waals surface area contributed by atoms with Gasteiger partial charge in [-0.05, 0) is 46.1 Å². The van der Waals surface area contributed by atoms with Crippen LogP contribution >= 0.6 is 0 Å². The fraction of sp³-hybridized carbons (Fsp3) is 0.812. The average molecular weight is 277 g/mol. The summed E-state index contributed by atoms with van der Waals surface area (Å²) in [5, 5.41) is 9.52. The van der Waals surface area contributed by atoms with E-state index in [0.29, 0.717) is 17.9 Å². The molecule has 0 aliphatic carbocycles. The van der Waals surface area contributed by atoms with E-state index in [0.717, 1.165) is 19.5 Å². The molecule has 0 radical (unpaired) electrons. The highest BCUT2D eigenvalue weighted by Crippen LogP contribution is 2.33. The average Bonchev–Trinajstić information content (AvgIpc) is 2.91. The number of nitrogens with zero attached hydrogens (tertiary/aromatic N) is 3. The van der Waals surface area contributed by atoms with Crippen LogP contribution < -0.4 is 0 Å². The van der Waals surface area contributed by atoms with E-state index < -0.39 is 0 Å². The predicted octanol–water partition coefficient (Wildman–Crippen LogP) is 2.34. The minimum absolute atomic E-state index is 0.258. The molecule has 0 saturated carbocycles. The van der Waals surface area contributed by atoms with Crippen LogP contribution in [0.4, 0.5) is 0 Å². The molecule has 2 atom stereocenters. The highest BCUT2D eigenvalue weighted by atomic mass is 16.3. The second-order valence-electron chi connectivity index (χ2n) is 6.64. The van der Waals surface area contributed by atoms with Crippen LogP contribution in [-0.4, -0.2) is 45.3 Å². The van der Waals surface area contributed by atoms with Crippen molar-refractivity contribution in [2.75, 3.05) is 19.7 Å². The van der Waals surface area contributed by atoms with E-state index in [2.05, 4.69) is 23.3 Å². The first kappa shape index (κ1) is 14.1. The minimum atomic E-state index is 0.258. The number of hydrogen-bond acceptors (Lipinski definition) is 3. The van der Waals surface area contributed by atoms with E-state index in [-0.39, 0.29) is 6.61 Å². The molecule has 3 rings (SSSR count). The molecule has 2 aliphatic rings. The van der Waals surface area contributed by atoms with Crippen molar-refractivity contribution < 1.29 is 5.11 Å². The lowest BCUT2D eigenvalue weighted by molar-refractivity contribution is 0.162. The molecule has 1 aromatic heterocycles. The monoisotopic (exact) mass is 277 g/mol. The van der Waals surface area contributed by atoms with Crippen LogP contribution in [0.3, 0.4) is 0 Å². The topological polar surface area (TPSA) is 41.3 Å². The summed E-state index contributed by atoms with van der Waals surface area (Å²) in [5.41, 5.74) is 1.26. The fourth-order valence-electron chi connectivity index (χ4n) is 3.81. The van der Waals surface area contributed by atoms with Gasteiger partial charge in [-0.3, -0.25) is 0 Å². The summed E-state index contributed by atoms with van der Waals surface area (Å²) in [6.07, 6.45) is 6.81. The number of imidazole rings is 1. The Morgan fingerprint density at radius 3 is 2.85 bits per heavy atom. The van der Waals surface area contributed by atoms with E-state index in [1.807, 2.05) is 6.20 Å². The molecule has 1 saturated heterocycles. The van der Waals surface area contributed by atoms with Gasteiger partial charge in [0.2, 0.25) is 0 Å². The van der Waals surface area contributed by atoms with E-state index >= 15 is 0 Å². The zero-order chi connectivity index (χ0) is 14.1. The van der Waals surface area contributed by atoms with Gasteiger partial charge in [0.05, 0.1) is 6.61 Å². The van der Waals surface area contributed by atoms with Gasteiger partial charge >= 0.3 is 0 Å². The summed E-state index contributed by atoms with van der Waals surface area (Å²) in [5.74, 6) is 2.13. The third-order valence-corrected chi connectivity index (χ3v) is 5.04. The number of aliphatic hydroxyl groups is 1. The molecule has 1 fully saturated rings. The van der Waals surface area contributed by atoms with Crippen LogP contribution in [0, 0.1) is 0 Å². The molecule has 20 heavy (non-hydrogen) atoms. The van der Waals surface area contributed by atoms with Gasteiger partial charge in [-0.2, -0.15) is 0 Å². The smallest absolute Gasteiger partial charge is 0.113 e. The summed E-state index contributed by atoms with van der Waals surface area (Å²) >= 11 is 0. The van der Waals surface area contributed by atoms with Crippen molar-refractivity contribution in [3.8, 4) is 0 Å². The van der Waals surface area contributed by atoms with Gasteiger partial charge < -0.3 is 14.6 Å². The van der Waals surface area contributed by atoms with Crippen molar-refractivity contribution in [1.82, 2.24) is 14.5 Å².